The number of hydrogen-bond donors (Lipinski definition) is 1. The Labute approximate surface area is 114 Å². The fourth-order valence-corrected chi connectivity index (χ4v) is 2.39. The number of carbonyl (C=O) groups excluding carboxylic acids is 1. The topological polar surface area (TPSA) is 45.5 Å². The van der Waals surface area contributed by atoms with Crippen LogP contribution in [0, 0.1) is 5.92 Å². The minimum Gasteiger partial charge on any atom is -0.468 e. The van der Waals surface area contributed by atoms with Crippen LogP contribution in [0.4, 0.5) is 0 Å². The Hall–Kier alpha value is -1.55. The summed E-state index contributed by atoms with van der Waals surface area (Å²) < 4.78 is 5.43. The predicted octanol–water partition coefficient (Wildman–Crippen LogP) is 2.35. The van der Waals surface area contributed by atoms with Crippen LogP contribution in [-0.4, -0.2) is 31.4 Å². The maximum Gasteiger partial charge on any atom is 0.223 e. The molecule has 19 heavy (non-hydrogen) atoms. The van der Waals surface area contributed by atoms with Crippen molar-refractivity contribution in [2.24, 2.45) is 5.92 Å². The highest BCUT2D eigenvalue weighted by Gasteiger charge is 2.22. The second-order valence-electron chi connectivity index (χ2n) is 5.22. The van der Waals surface area contributed by atoms with Crippen molar-refractivity contribution in [2.45, 2.75) is 25.3 Å². The first-order valence-corrected chi connectivity index (χ1v) is 6.81. The number of amides is 1. The Kier molecular flexibility index (Phi) is 4.80. The molecule has 1 amide bonds. The van der Waals surface area contributed by atoms with E-state index in [2.05, 4.69) is 22.4 Å². The number of rotatable bonds is 5. The largest absolute Gasteiger partial charge is 0.468 e. The van der Waals surface area contributed by atoms with E-state index in [1.807, 2.05) is 26.2 Å². The van der Waals surface area contributed by atoms with E-state index in [0.717, 1.165) is 25.0 Å². The maximum absolute atomic E-state index is 12.1. The number of nitrogens with zero attached hydrogens (tertiary/aromatic N) is 1. The molecule has 4 nitrogen and oxygen atoms in total. The van der Waals surface area contributed by atoms with Gasteiger partial charge in [0.2, 0.25) is 5.91 Å². The Morgan fingerprint density at radius 1 is 1.53 bits per heavy atom. The highest BCUT2D eigenvalue weighted by molar-refractivity contribution is 5.79. The number of furan rings is 1. The van der Waals surface area contributed by atoms with Crippen LogP contribution in [0.1, 0.15) is 31.1 Å². The lowest BCUT2D eigenvalue weighted by molar-refractivity contribution is -0.125. The molecular formula is C15H22N2O2. The standard InChI is InChI=1S/C15H22N2O2/c1-17(2)13(14-9-6-10-19-14)11-16-15(18)12-7-4-3-5-8-12/h3-4,6,9-10,12-13H,5,7-8,11H2,1-2H3,(H,16,18)/t12-,13-/m1/s1. The Bertz CT molecular complexity index is 423. The van der Waals surface area contributed by atoms with E-state index in [4.69, 9.17) is 4.42 Å². The van der Waals surface area contributed by atoms with E-state index in [-0.39, 0.29) is 17.9 Å². The molecule has 0 radical (unpaired) electrons. The van der Waals surface area contributed by atoms with Crippen molar-refractivity contribution >= 4 is 5.91 Å². The average Bonchev–Trinajstić information content (AvgIpc) is 2.93. The second kappa shape index (κ2) is 6.57. The van der Waals surface area contributed by atoms with Gasteiger partial charge in [-0.1, -0.05) is 12.2 Å². The summed E-state index contributed by atoms with van der Waals surface area (Å²) in [4.78, 5) is 14.2. The molecular weight excluding hydrogens is 240 g/mol. The molecule has 0 unspecified atom stereocenters. The van der Waals surface area contributed by atoms with E-state index in [9.17, 15) is 4.79 Å². The van der Waals surface area contributed by atoms with Crippen molar-refractivity contribution in [3.05, 3.63) is 36.3 Å². The molecule has 0 aromatic carbocycles. The van der Waals surface area contributed by atoms with E-state index in [1.165, 1.54) is 0 Å². The molecule has 1 N–H and O–H groups in total. The van der Waals surface area contributed by atoms with Gasteiger partial charge in [0.05, 0.1) is 12.3 Å². The van der Waals surface area contributed by atoms with E-state index in [0.29, 0.717) is 6.54 Å². The van der Waals surface area contributed by atoms with Crippen LogP contribution < -0.4 is 5.32 Å². The lowest BCUT2D eigenvalue weighted by atomic mass is 9.93. The zero-order valence-electron chi connectivity index (χ0n) is 11.6. The molecule has 1 aromatic heterocycles. The summed E-state index contributed by atoms with van der Waals surface area (Å²) >= 11 is 0. The number of carbonyl (C=O) groups is 1. The number of hydrogen-bond acceptors (Lipinski definition) is 3. The van der Waals surface area contributed by atoms with Gasteiger partial charge >= 0.3 is 0 Å². The summed E-state index contributed by atoms with van der Waals surface area (Å²) in [5, 5.41) is 3.05. The highest BCUT2D eigenvalue weighted by Crippen LogP contribution is 2.20. The van der Waals surface area contributed by atoms with Gasteiger partial charge in [-0.3, -0.25) is 9.69 Å². The van der Waals surface area contributed by atoms with Crippen LogP contribution in [0.2, 0.25) is 0 Å². The normalized spacial score (nSPS) is 20.5. The molecule has 0 bridgehead atoms. The molecule has 0 fully saturated rings. The number of allylic oxidation sites excluding steroid dienone is 2. The first-order valence-electron chi connectivity index (χ1n) is 6.81. The summed E-state index contributed by atoms with van der Waals surface area (Å²) in [6.45, 7) is 0.583. The Balaban J connectivity index is 1.88. The van der Waals surface area contributed by atoms with Gasteiger partial charge < -0.3 is 9.73 Å². The zero-order chi connectivity index (χ0) is 13.7. The maximum atomic E-state index is 12.1. The fraction of sp³-hybridized carbons (Fsp3) is 0.533. The molecule has 0 saturated heterocycles. The van der Waals surface area contributed by atoms with Crippen molar-refractivity contribution in [2.75, 3.05) is 20.6 Å². The van der Waals surface area contributed by atoms with Crippen LogP contribution in [0.3, 0.4) is 0 Å². The number of nitrogens with one attached hydrogen (secondary N) is 1. The van der Waals surface area contributed by atoms with E-state index < -0.39 is 0 Å². The first-order chi connectivity index (χ1) is 9.18. The van der Waals surface area contributed by atoms with Crippen LogP contribution in [0.15, 0.2) is 35.0 Å². The monoisotopic (exact) mass is 262 g/mol. The van der Waals surface area contributed by atoms with Gasteiger partial charge in [0.25, 0.3) is 0 Å². The van der Waals surface area contributed by atoms with Crippen LogP contribution in [0.5, 0.6) is 0 Å². The van der Waals surface area contributed by atoms with E-state index in [1.54, 1.807) is 6.26 Å². The summed E-state index contributed by atoms with van der Waals surface area (Å²) in [6, 6.07) is 3.90. The molecule has 1 aliphatic carbocycles. The van der Waals surface area contributed by atoms with Crippen molar-refractivity contribution in [1.82, 2.24) is 10.2 Å². The molecule has 4 heteroatoms. The van der Waals surface area contributed by atoms with Crippen molar-refractivity contribution < 1.29 is 9.21 Å². The fourth-order valence-electron chi connectivity index (χ4n) is 2.39. The van der Waals surface area contributed by atoms with Crippen LogP contribution in [0.25, 0.3) is 0 Å². The average molecular weight is 262 g/mol. The molecule has 2 rings (SSSR count). The van der Waals surface area contributed by atoms with Crippen molar-refractivity contribution in [1.29, 1.82) is 0 Å². The summed E-state index contributed by atoms with van der Waals surface area (Å²) in [5.74, 6) is 1.17. The van der Waals surface area contributed by atoms with Crippen molar-refractivity contribution in [3.8, 4) is 0 Å². The van der Waals surface area contributed by atoms with E-state index >= 15 is 0 Å². The summed E-state index contributed by atoms with van der Waals surface area (Å²) in [6.07, 6.45) is 8.74. The van der Waals surface area contributed by atoms with Gasteiger partial charge in [-0.25, -0.2) is 0 Å². The third kappa shape index (κ3) is 3.70. The zero-order valence-corrected chi connectivity index (χ0v) is 11.6. The lowest BCUT2D eigenvalue weighted by Gasteiger charge is -2.24. The molecule has 1 aliphatic rings. The minimum atomic E-state index is 0.0816. The molecule has 104 valence electrons. The smallest absolute Gasteiger partial charge is 0.223 e. The summed E-state index contributed by atoms with van der Waals surface area (Å²) in [7, 11) is 3.98. The van der Waals surface area contributed by atoms with Crippen LogP contribution in [-0.2, 0) is 4.79 Å². The van der Waals surface area contributed by atoms with Gasteiger partial charge in [-0.15, -0.1) is 0 Å². The Morgan fingerprint density at radius 2 is 2.37 bits per heavy atom. The highest BCUT2D eigenvalue weighted by atomic mass is 16.3. The second-order valence-corrected chi connectivity index (χ2v) is 5.22. The molecule has 0 saturated carbocycles. The first kappa shape index (κ1) is 13.9. The van der Waals surface area contributed by atoms with Crippen molar-refractivity contribution in [3.63, 3.8) is 0 Å². The van der Waals surface area contributed by atoms with Gasteiger partial charge in [0, 0.05) is 12.5 Å². The van der Waals surface area contributed by atoms with Gasteiger partial charge in [-0.2, -0.15) is 0 Å². The predicted molar refractivity (Wildman–Crippen MR) is 74.6 cm³/mol. The van der Waals surface area contributed by atoms with Gasteiger partial charge in [-0.05, 0) is 45.5 Å². The molecule has 1 aromatic rings. The Morgan fingerprint density at radius 3 is 2.95 bits per heavy atom. The SMILES string of the molecule is CN(C)[C@H](CNC(=O)[C@@H]1CC=CCC1)c1ccco1. The van der Waals surface area contributed by atoms with Gasteiger partial charge in [0.15, 0.2) is 0 Å². The lowest BCUT2D eigenvalue weighted by Crippen LogP contribution is -2.37. The molecule has 0 aliphatic heterocycles. The third-order valence-electron chi connectivity index (χ3n) is 3.60. The molecule has 1 heterocycles. The van der Waals surface area contributed by atoms with Gasteiger partial charge in [0.1, 0.15) is 5.76 Å². The molecule has 0 spiro atoms. The quantitative estimate of drug-likeness (QED) is 0.829. The number of likely N-dealkylation sites (N-methyl/N-ethyl adjacent to an activating group) is 1. The molecule has 2 atom stereocenters. The summed E-state index contributed by atoms with van der Waals surface area (Å²) in [5.41, 5.74) is 0. The van der Waals surface area contributed by atoms with Crippen LogP contribution >= 0.6 is 0 Å². The third-order valence-corrected chi connectivity index (χ3v) is 3.60. The minimum absolute atomic E-state index is 0.0816.